The molecule has 2 aliphatic rings. The molecule has 35 heavy (non-hydrogen) atoms. The van der Waals surface area contributed by atoms with E-state index in [9.17, 15) is 18.0 Å². The summed E-state index contributed by atoms with van der Waals surface area (Å²) in [5, 5.41) is 3.39. The highest BCUT2D eigenvalue weighted by Crippen LogP contribution is 2.37. The third kappa shape index (κ3) is 6.44. The summed E-state index contributed by atoms with van der Waals surface area (Å²) in [6.07, 6.45) is 2.94. The molecular formula is C23H31ClN4O4S3. The predicted molar refractivity (Wildman–Crippen MR) is 140 cm³/mol. The van der Waals surface area contributed by atoms with Crippen LogP contribution in [0.2, 0.25) is 4.34 Å². The Morgan fingerprint density at radius 2 is 1.83 bits per heavy atom. The van der Waals surface area contributed by atoms with Crippen LogP contribution >= 0.6 is 34.3 Å². The first-order chi connectivity index (χ1) is 16.6. The van der Waals surface area contributed by atoms with E-state index in [4.69, 9.17) is 11.6 Å². The van der Waals surface area contributed by atoms with E-state index in [0.717, 1.165) is 40.5 Å². The monoisotopic (exact) mass is 558 g/mol. The van der Waals surface area contributed by atoms with Crippen LogP contribution in [-0.2, 0) is 19.6 Å². The van der Waals surface area contributed by atoms with Crippen LogP contribution in [0.4, 0.5) is 0 Å². The number of hydrogen-bond donors (Lipinski definition) is 2. The molecule has 4 heterocycles. The Balaban J connectivity index is 1.38. The average molecular weight is 559 g/mol. The lowest BCUT2D eigenvalue weighted by Crippen LogP contribution is -2.55. The molecule has 2 fully saturated rings. The molecule has 2 aromatic heterocycles. The van der Waals surface area contributed by atoms with Gasteiger partial charge in [-0.25, -0.2) is 8.42 Å². The van der Waals surface area contributed by atoms with Gasteiger partial charge >= 0.3 is 0 Å². The molecule has 0 saturated carbocycles. The second kappa shape index (κ2) is 11.3. The van der Waals surface area contributed by atoms with Crippen LogP contribution in [0, 0.1) is 0 Å². The molecule has 0 aliphatic carbocycles. The van der Waals surface area contributed by atoms with Crippen molar-refractivity contribution in [1.82, 2.24) is 19.8 Å². The van der Waals surface area contributed by atoms with Gasteiger partial charge < -0.3 is 15.1 Å². The molecule has 2 aliphatic heterocycles. The lowest BCUT2D eigenvalue weighted by atomic mass is 10.1. The van der Waals surface area contributed by atoms with Gasteiger partial charge in [0.1, 0.15) is 10.3 Å². The molecule has 0 radical (unpaired) electrons. The second-order valence-corrected chi connectivity index (χ2v) is 14.0. The van der Waals surface area contributed by atoms with Crippen molar-refractivity contribution < 1.29 is 18.0 Å². The molecule has 12 heteroatoms. The topological polar surface area (TPSA) is 98.8 Å². The number of thiophene rings is 2. The van der Waals surface area contributed by atoms with Crippen LogP contribution in [0.3, 0.4) is 0 Å². The fourth-order valence-corrected chi connectivity index (χ4v) is 8.18. The zero-order valence-corrected chi connectivity index (χ0v) is 23.0. The van der Waals surface area contributed by atoms with Crippen molar-refractivity contribution in [2.24, 2.45) is 0 Å². The number of likely N-dealkylation sites (tertiary alicyclic amines) is 2. The van der Waals surface area contributed by atoms with E-state index >= 15 is 0 Å². The Hall–Kier alpha value is -1.50. The summed E-state index contributed by atoms with van der Waals surface area (Å²) >= 11 is 8.52. The van der Waals surface area contributed by atoms with Crippen LogP contribution in [0.15, 0.2) is 28.5 Å². The first-order valence-electron chi connectivity index (χ1n) is 11.8. The van der Waals surface area contributed by atoms with Crippen LogP contribution in [-0.4, -0.2) is 74.3 Å². The maximum atomic E-state index is 13.1. The zero-order valence-electron chi connectivity index (χ0n) is 19.8. The van der Waals surface area contributed by atoms with E-state index in [1.54, 1.807) is 18.2 Å². The molecule has 0 aromatic carbocycles. The van der Waals surface area contributed by atoms with Gasteiger partial charge in [0, 0.05) is 41.5 Å². The van der Waals surface area contributed by atoms with Gasteiger partial charge in [-0.2, -0.15) is 4.72 Å². The number of amides is 2. The van der Waals surface area contributed by atoms with Crippen LogP contribution < -0.4 is 10.0 Å². The lowest BCUT2D eigenvalue weighted by molar-refractivity contribution is -0.143. The maximum Gasteiger partial charge on any atom is 0.250 e. The number of piperidine rings is 1. The molecule has 4 rings (SSSR count). The Kier molecular flexibility index (Phi) is 8.55. The van der Waals surface area contributed by atoms with Crippen molar-refractivity contribution in [2.45, 2.75) is 61.9 Å². The molecule has 2 atom stereocenters. The quantitative estimate of drug-likeness (QED) is 0.491. The van der Waals surface area contributed by atoms with E-state index < -0.39 is 16.1 Å². The fraction of sp³-hybridized carbons (Fsp3) is 0.565. The van der Waals surface area contributed by atoms with Crippen molar-refractivity contribution >= 4 is 56.1 Å². The zero-order chi connectivity index (χ0) is 25.2. The van der Waals surface area contributed by atoms with Crippen LogP contribution in [0.25, 0.3) is 9.75 Å². The minimum atomic E-state index is -3.88. The largest absolute Gasteiger partial charge is 0.337 e. The van der Waals surface area contributed by atoms with E-state index in [2.05, 4.69) is 23.9 Å². The molecule has 0 bridgehead atoms. The summed E-state index contributed by atoms with van der Waals surface area (Å²) in [6.45, 7) is 6.01. The Labute approximate surface area is 219 Å². The number of sulfonamides is 1. The number of carbonyl (C=O) groups excluding carboxylic acids is 2. The molecular weight excluding hydrogens is 528 g/mol. The minimum absolute atomic E-state index is 0.0163. The number of rotatable bonds is 9. The molecule has 0 unspecified atom stereocenters. The number of nitrogens with one attached hydrogen (secondary N) is 2. The summed E-state index contributed by atoms with van der Waals surface area (Å²) < 4.78 is 29.4. The third-order valence-electron chi connectivity index (χ3n) is 6.28. The van der Waals surface area contributed by atoms with E-state index in [0.29, 0.717) is 36.3 Å². The third-order valence-corrected chi connectivity index (χ3v) is 10.8. The van der Waals surface area contributed by atoms with Crippen LogP contribution in [0.5, 0.6) is 0 Å². The predicted octanol–water partition coefficient (Wildman–Crippen LogP) is 3.39. The van der Waals surface area contributed by atoms with Crippen molar-refractivity contribution in [3.63, 3.8) is 0 Å². The van der Waals surface area contributed by atoms with Crippen LogP contribution in [0.1, 0.15) is 39.5 Å². The molecule has 2 saturated heterocycles. The fourth-order valence-electron chi connectivity index (χ4n) is 4.50. The Bertz CT molecular complexity index is 1160. The normalized spacial score (nSPS) is 21.3. The number of carbonyl (C=O) groups is 2. The van der Waals surface area contributed by atoms with Crippen molar-refractivity contribution in [1.29, 1.82) is 0 Å². The van der Waals surface area contributed by atoms with Crippen molar-refractivity contribution in [3.05, 3.63) is 28.6 Å². The summed E-state index contributed by atoms with van der Waals surface area (Å²) in [5.41, 5.74) is 0. The second-order valence-electron chi connectivity index (χ2n) is 9.24. The highest BCUT2D eigenvalue weighted by Gasteiger charge is 2.36. The Morgan fingerprint density at radius 3 is 2.54 bits per heavy atom. The van der Waals surface area contributed by atoms with E-state index in [1.807, 2.05) is 11.0 Å². The first kappa shape index (κ1) is 26.6. The van der Waals surface area contributed by atoms with E-state index in [1.165, 1.54) is 16.2 Å². The number of halogens is 1. The summed E-state index contributed by atoms with van der Waals surface area (Å²) in [4.78, 5) is 31.2. The molecule has 2 aromatic rings. The number of hydrogen-bond acceptors (Lipinski definition) is 7. The van der Waals surface area contributed by atoms with Gasteiger partial charge in [-0.1, -0.05) is 25.4 Å². The van der Waals surface area contributed by atoms with Gasteiger partial charge in [0.05, 0.1) is 10.9 Å². The molecule has 0 spiro atoms. The summed E-state index contributed by atoms with van der Waals surface area (Å²) in [7, 11) is -3.88. The SMILES string of the molecule is CC(C)NC[C@@H]1CCCN1C(=O)CN1CCC[C@H](NS(=O)(=O)c2ccc(-c3ccc(Cl)s3)s2)C1=O. The highest BCUT2D eigenvalue weighted by molar-refractivity contribution is 7.91. The first-order valence-corrected chi connectivity index (χ1v) is 15.3. The summed E-state index contributed by atoms with van der Waals surface area (Å²) in [6, 6.07) is 6.51. The van der Waals surface area contributed by atoms with Crippen molar-refractivity contribution in [2.75, 3.05) is 26.2 Å². The standard InChI is InChI=1S/C23H31ClN4O4S3/c1-15(2)25-13-16-5-3-12-28(16)21(29)14-27-11-4-6-17(23(27)30)26-35(31,32)22-10-8-19(34-22)18-7-9-20(24)33-18/h7-10,15-17,25-26H,3-6,11-14H2,1-2H3/t16-,17-/m0/s1. The van der Waals surface area contributed by atoms with Gasteiger partial charge in [0.15, 0.2) is 0 Å². The molecule has 192 valence electrons. The van der Waals surface area contributed by atoms with Crippen molar-refractivity contribution in [3.8, 4) is 9.75 Å². The smallest absolute Gasteiger partial charge is 0.250 e. The van der Waals surface area contributed by atoms with Gasteiger partial charge in [-0.15, -0.1) is 22.7 Å². The molecule has 2 amide bonds. The maximum absolute atomic E-state index is 13.1. The average Bonchev–Trinajstić information content (AvgIpc) is 3.55. The highest BCUT2D eigenvalue weighted by atomic mass is 35.5. The molecule has 2 N–H and O–H groups in total. The summed E-state index contributed by atoms with van der Waals surface area (Å²) in [5.74, 6) is -0.418. The lowest BCUT2D eigenvalue weighted by Gasteiger charge is -2.34. The van der Waals surface area contributed by atoms with Gasteiger partial charge in [-0.3, -0.25) is 9.59 Å². The molecule has 8 nitrogen and oxygen atoms in total. The van der Waals surface area contributed by atoms with E-state index in [-0.39, 0.29) is 28.6 Å². The van der Waals surface area contributed by atoms with Gasteiger partial charge in [-0.05, 0) is 49.9 Å². The minimum Gasteiger partial charge on any atom is -0.337 e. The van der Waals surface area contributed by atoms with Gasteiger partial charge in [0.25, 0.3) is 10.0 Å². The Morgan fingerprint density at radius 1 is 1.11 bits per heavy atom. The number of nitrogens with zero attached hydrogens (tertiary/aromatic N) is 2. The van der Waals surface area contributed by atoms with Gasteiger partial charge in [0.2, 0.25) is 11.8 Å².